The highest BCUT2D eigenvalue weighted by Gasteiger charge is 2.20. The smallest absolute Gasteiger partial charge is 0.233 e. The number of carbonyl (C=O) groups is 1. The molecule has 1 N–H and O–H groups in total. The van der Waals surface area contributed by atoms with Crippen LogP contribution in [0.1, 0.15) is 20.3 Å². The van der Waals surface area contributed by atoms with E-state index in [1.165, 1.54) is 17.9 Å². The van der Waals surface area contributed by atoms with Crippen molar-refractivity contribution in [3.05, 3.63) is 0 Å². The second-order valence-corrected chi connectivity index (χ2v) is 5.87. The molecule has 2 nitrogen and oxygen atoms in total. The Morgan fingerprint density at radius 3 is 2.86 bits per heavy atom. The van der Waals surface area contributed by atoms with E-state index in [-0.39, 0.29) is 11.2 Å². The van der Waals surface area contributed by atoms with Gasteiger partial charge in [-0.25, -0.2) is 0 Å². The maximum Gasteiger partial charge on any atom is 0.233 e. The molecule has 2 atom stereocenters. The Kier molecular flexibility index (Phi) is 5.17. The van der Waals surface area contributed by atoms with Gasteiger partial charge in [0.1, 0.15) is 0 Å². The molecule has 1 aliphatic heterocycles. The van der Waals surface area contributed by atoms with E-state index < -0.39 is 0 Å². The largest absolute Gasteiger partial charge is 0.355 e. The minimum absolute atomic E-state index is 0.0835. The molecule has 0 aliphatic carbocycles. The van der Waals surface area contributed by atoms with Crippen LogP contribution in [0.15, 0.2) is 0 Å². The van der Waals surface area contributed by atoms with Crippen molar-refractivity contribution in [2.24, 2.45) is 11.8 Å². The van der Waals surface area contributed by atoms with Gasteiger partial charge in [-0.05, 0) is 29.8 Å². The molecule has 1 rings (SSSR count). The van der Waals surface area contributed by atoms with E-state index in [0.717, 1.165) is 6.54 Å². The van der Waals surface area contributed by atoms with Gasteiger partial charge in [-0.15, -0.1) is 0 Å². The molecule has 1 heterocycles. The molecule has 0 spiro atoms. The Bertz CT molecular complexity index is 191. The van der Waals surface area contributed by atoms with E-state index in [1.807, 2.05) is 25.6 Å². The quantitative estimate of drug-likeness (QED) is 0.725. The minimum atomic E-state index is -0.163. The lowest BCUT2D eigenvalue weighted by molar-refractivity contribution is -0.121. The van der Waals surface area contributed by atoms with Crippen LogP contribution in [0.4, 0.5) is 0 Å². The Morgan fingerprint density at radius 1 is 1.64 bits per heavy atom. The van der Waals surface area contributed by atoms with Crippen LogP contribution in [0, 0.1) is 11.8 Å². The SMILES string of the molecule is CC(C)C(S)C(=O)NCC1CCSC1. The molecule has 0 aromatic heterocycles. The van der Waals surface area contributed by atoms with Gasteiger partial charge in [0.25, 0.3) is 0 Å². The Labute approximate surface area is 96.0 Å². The summed E-state index contributed by atoms with van der Waals surface area (Å²) in [5.74, 6) is 3.50. The summed E-state index contributed by atoms with van der Waals surface area (Å²) in [5, 5.41) is 2.81. The third kappa shape index (κ3) is 3.73. The first-order valence-corrected chi connectivity index (χ1v) is 6.82. The maximum atomic E-state index is 11.5. The van der Waals surface area contributed by atoms with Crippen LogP contribution >= 0.6 is 24.4 Å². The van der Waals surface area contributed by atoms with Crippen LogP contribution < -0.4 is 5.32 Å². The van der Waals surface area contributed by atoms with Gasteiger partial charge in [-0.3, -0.25) is 4.79 Å². The predicted octanol–water partition coefficient (Wildman–Crippen LogP) is 1.81. The fraction of sp³-hybridized carbons (Fsp3) is 0.900. The first-order valence-electron chi connectivity index (χ1n) is 5.14. The van der Waals surface area contributed by atoms with E-state index >= 15 is 0 Å². The lowest BCUT2D eigenvalue weighted by atomic mass is 10.1. The zero-order valence-corrected chi connectivity index (χ0v) is 10.5. The first-order chi connectivity index (χ1) is 6.61. The molecule has 0 saturated carbocycles. The fourth-order valence-corrected chi connectivity index (χ4v) is 2.77. The standard InChI is InChI=1S/C10H19NOS2/c1-7(2)9(13)10(12)11-5-8-3-4-14-6-8/h7-9,13H,3-6H2,1-2H3,(H,11,12). The molecule has 0 radical (unpaired) electrons. The predicted molar refractivity (Wildman–Crippen MR) is 66.1 cm³/mol. The van der Waals surface area contributed by atoms with Crippen molar-refractivity contribution in [1.82, 2.24) is 5.32 Å². The minimum Gasteiger partial charge on any atom is -0.355 e. The van der Waals surface area contributed by atoms with Crippen LogP contribution in [0.2, 0.25) is 0 Å². The molecule has 0 aromatic rings. The summed E-state index contributed by atoms with van der Waals surface area (Å²) in [7, 11) is 0. The number of nitrogens with one attached hydrogen (secondary N) is 1. The number of hydrogen-bond donors (Lipinski definition) is 2. The maximum absolute atomic E-state index is 11.5. The third-order valence-electron chi connectivity index (χ3n) is 2.49. The van der Waals surface area contributed by atoms with Crippen LogP contribution in [-0.4, -0.2) is 29.2 Å². The molecule has 14 heavy (non-hydrogen) atoms. The van der Waals surface area contributed by atoms with E-state index in [4.69, 9.17) is 0 Å². The summed E-state index contributed by atoms with van der Waals surface area (Å²) in [6.07, 6.45) is 1.24. The van der Waals surface area contributed by atoms with Crippen molar-refractivity contribution in [1.29, 1.82) is 0 Å². The van der Waals surface area contributed by atoms with Crippen LogP contribution in [0.25, 0.3) is 0 Å². The molecule has 1 fully saturated rings. The molecule has 82 valence electrons. The van der Waals surface area contributed by atoms with Crippen molar-refractivity contribution in [2.75, 3.05) is 18.1 Å². The zero-order chi connectivity index (χ0) is 10.6. The lowest BCUT2D eigenvalue weighted by Gasteiger charge is -2.16. The average Bonchev–Trinajstić information content (AvgIpc) is 2.65. The molecule has 0 aromatic carbocycles. The molecule has 1 amide bonds. The van der Waals surface area contributed by atoms with Gasteiger partial charge < -0.3 is 5.32 Å². The summed E-state index contributed by atoms with van der Waals surface area (Å²) >= 11 is 6.26. The molecule has 2 unspecified atom stereocenters. The normalized spacial score (nSPS) is 23.9. The van der Waals surface area contributed by atoms with Gasteiger partial charge in [0, 0.05) is 6.54 Å². The average molecular weight is 233 g/mol. The Morgan fingerprint density at radius 2 is 2.36 bits per heavy atom. The van der Waals surface area contributed by atoms with Gasteiger partial charge in [0.15, 0.2) is 0 Å². The first kappa shape index (κ1) is 12.2. The molecular formula is C10H19NOS2. The van der Waals surface area contributed by atoms with Crippen molar-refractivity contribution >= 4 is 30.3 Å². The zero-order valence-electron chi connectivity index (χ0n) is 8.82. The van der Waals surface area contributed by atoms with Crippen molar-refractivity contribution in [3.8, 4) is 0 Å². The number of thiol groups is 1. The lowest BCUT2D eigenvalue weighted by Crippen LogP contribution is -2.37. The van der Waals surface area contributed by atoms with Gasteiger partial charge in [0.2, 0.25) is 5.91 Å². The summed E-state index contributed by atoms with van der Waals surface area (Å²) in [6.45, 7) is 4.86. The summed E-state index contributed by atoms with van der Waals surface area (Å²) in [6, 6.07) is 0. The number of amides is 1. The Balaban J connectivity index is 2.19. The van der Waals surface area contributed by atoms with Gasteiger partial charge in [-0.2, -0.15) is 24.4 Å². The molecular weight excluding hydrogens is 214 g/mol. The third-order valence-corrected chi connectivity index (χ3v) is 4.55. The fourth-order valence-electron chi connectivity index (χ4n) is 1.40. The van der Waals surface area contributed by atoms with Crippen LogP contribution in [0.3, 0.4) is 0 Å². The van der Waals surface area contributed by atoms with E-state index in [2.05, 4.69) is 17.9 Å². The highest BCUT2D eigenvalue weighted by molar-refractivity contribution is 7.99. The number of rotatable bonds is 4. The van der Waals surface area contributed by atoms with Crippen LogP contribution in [-0.2, 0) is 4.79 Å². The van der Waals surface area contributed by atoms with Gasteiger partial charge >= 0.3 is 0 Å². The number of thioether (sulfide) groups is 1. The summed E-state index contributed by atoms with van der Waals surface area (Å²) in [5.41, 5.74) is 0. The highest BCUT2D eigenvalue weighted by atomic mass is 32.2. The van der Waals surface area contributed by atoms with Crippen molar-refractivity contribution in [3.63, 3.8) is 0 Å². The summed E-state index contributed by atoms with van der Waals surface area (Å²) < 4.78 is 0. The monoisotopic (exact) mass is 233 g/mol. The molecule has 0 bridgehead atoms. The molecule has 1 aliphatic rings. The summed E-state index contributed by atoms with van der Waals surface area (Å²) in [4.78, 5) is 11.5. The number of carbonyl (C=O) groups excluding carboxylic acids is 1. The van der Waals surface area contributed by atoms with Gasteiger partial charge in [0.05, 0.1) is 5.25 Å². The van der Waals surface area contributed by atoms with Crippen molar-refractivity contribution < 1.29 is 4.79 Å². The molecule has 1 saturated heterocycles. The second kappa shape index (κ2) is 5.91. The molecule has 4 heteroatoms. The highest BCUT2D eigenvalue weighted by Crippen LogP contribution is 2.22. The van der Waals surface area contributed by atoms with E-state index in [9.17, 15) is 4.79 Å². The van der Waals surface area contributed by atoms with E-state index in [0.29, 0.717) is 11.8 Å². The second-order valence-electron chi connectivity index (χ2n) is 4.16. The van der Waals surface area contributed by atoms with Gasteiger partial charge in [-0.1, -0.05) is 13.8 Å². The Hall–Kier alpha value is 0.170. The topological polar surface area (TPSA) is 29.1 Å². The van der Waals surface area contributed by atoms with Crippen LogP contribution in [0.5, 0.6) is 0 Å². The van der Waals surface area contributed by atoms with E-state index in [1.54, 1.807) is 0 Å². The number of hydrogen-bond acceptors (Lipinski definition) is 3. The van der Waals surface area contributed by atoms with Crippen molar-refractivity contribution in [2.45, 2.75) is 25.5 Å².